The average Bonchev–Trinajstić information content (AvgIpc) is 2.60. The first kappa shape index (κ1) is 18.3. The van der Waals surface area contributed by atoms with Crippen LogP contribution in [0.5, 0.6) is 11.5 Å². The summed E-state index contributed by atoms with van der Waals surface area (Å²) in [6, 6.07) is 10.8. The van der Waals surface area contributed by atoms with Gasteiger partial charge in [0.2, 0.25) is 0 Å². The first-order chi connectivity index (χ1) is 12.0. The molecule has 0 spiro atoms. The van der Waals surface area contributed by atoms with Crippen LogP contribution < -0.4 is 20.1 Å². The average molecular weight is 346 g/mol. The molecule has 0 aliphatic heterocycles. The summed E-state index contributed by atoms with van der Waals surface area (Å²) < 4.78 is 23.2. The van der Waals surface area contributed by atoms with Crippen LogP contribution in [-0.2, 0) is 9.59 Å². The van der Waals surface area contributed by atoms with Gasteiger partial charge >= 0.3 is 11.8 Å². The van der Waals surface area contributed by atoms with Gasteiger partial charge in [-0.3, -0.25) is 9.59 Å². The number of hydrogen-bond donors (Lipinski definition) is 2. The molecule has 2 N–H and O–H groups in total. The maximum Gasteiger partial charge on any atom is 0.313 e. The van der Waals surface area contributed by atoms with Crippen molar-refractivity contribution in [1.82, 2.24) is 5.32 Å². The highest BCUT2D eigenvalue weighted by Gasteiger charge is 2.15. The summed E-state index contributed by atoms with van der Waals surface area (Å²) >= 11 is 0. The van der Waals surface area contributed by atoms with E-state index in [1.165, 1.54) is 31.4 Å². The number of methoxy groups -OCH3 is 1. The Balaban J connectivity index is 1.79. The van der Waals surface area contributed by atoms with Crippen molar-refractivity contribution in [3.8, 4) is 11.5 Å². The van der Waals surface area contributed by atoms with Crippen molar-refractivity contribution in [1.29, 1.82) is 0 Å². The van der Waals surface area contributed by atoms with E-state index in [9.17, 15) is 14.0 Å². The molecule has 0 saturated heterocycles. The molecule has 132 valence electrons. The van der Waals surface area contributed by atoms with Gasteiger partial charge in [0.25, 0.3) is 0 Å². The number of nitrogens with one attached hydrogen (secondary N) is 2. The zero-order chi connectivity index (χ0) is 18.2. The number of rotatable bonds is 6. The molecule has 0 aliphatic carbocycles. The maximum atomic E-state index is 12.8. The van der Waals surface area contributed by atoms with Crippen molar-refractivity contribution in [3.63, 3.8) is 0 Å². The van der Waals surface area contributed by atoms with Gasteiger partial charge in [0.15, 0.2) is 0 Å². The lowest BCUT2D eigenvalue weighted by Crippen LogP contribution is -2.37. The van der Waals surface area contributed by atoms with Gasteiger partial charge in [0.1, 0.15) is 23.9 Å². The Kier molecular flexibility index (Phi) is 6.33. The molecule has 0 aromatic heterocycles. The lowest BCUT2D eigenvalue weighted by molar-refractivity contribution is -0.136. The van der Waals surface area contributed by atoms with Crippen molar-refractivity contribution < 1.29 is 23.5 Å². The van der Waals surface area contributed by atoms with E-state index in [1.54, 1.807) is 12.1 Å². The first-order valence-corrected chi connectivity index (χ1v) is 7.62. The van der Waals surface area contributed by atoms with Crippen LogP contribution in [0.1, 0.15) is 5.56 Å². The SMILES string of the molecule is COc1ccc(C)cc1NC(=O)C(=O)NCCOc1ccc(F)cc1. The summed E-state index contributed by atoms with van der Waals surface area (Å²) in [4.78, 5) is 23.8. The van der Waals surface area contributed by atoms with Gasteiger partial charge in [0.05, 0.1) is 19.3 Å². The molecule has 0 heterocycles. The highest BCUT2D eigenvalue weighted by atomic mass is 19.1. The van der Waals surface area contributed by atoms with Gasteiger partial charge in [-0.25, -0.2) is 4.39 Å². The molecule has 0 atom stereocenters. The van der Waals surface area contributed by atoms with Crippen molar-refractivity contribution >= 4 is 17.5 Å². The molecular formula is C18H19FN2O4. The molecule has 0 radical (unpaired) electrons. The quantitative estimate of drug-likeness (QED) is 0.621. The third kappa shape index (κ3) is 5.49. The van der Waals surface area contributed by atoms with E-state index in [1.807, 2.05) is 13.0 Å². The minimum atomic E-state index is -0.800. The lowest BCUT2D eigenvalue weighted by atomic mass is 10.2. The number of carbonyl (C=O) groups excluding carboxylic acids is 2. The monoisotopic (exact) mass is 346 g/mol. The Morgan fingerprint density at radius 3 is 2.48 bits per heavy atom. The fraction of sp³-hybridized carbons (Fsp3) is 0.222. The van der Waals surface area contributed by atoms with Crippen LogP contribution in [0.25, 0.3) is 0 Å². The number of aryl methyl sites for hydroxylation is 1. The zero-order valence-electron chi connectivity index (χ0n) is 14.0. The van der Waals surface area contributed by atoms with E-state index in [0.717, 1.165) is 5.56 Å². The lowest BCUT2D eigenvalue weighted by Gasteiger charge is -2.11. The molecule has 0 fully saturated rings. The Labute approximate surface area is 144 Å². The molecular weight excluding hydrogens is 327 g/mol. The van der Waals surface area contributed by atoms with Gasteiger partial charge in [-0.05, 0) is 48.9 Å². The standard InChI is InChI=1S/C18H19FN2O4/c1-12-3-8-16(24-2)15(11-12)21-18(23)17(22)20-9-10-25-14-6-4-13(19)5-7-14/h3-8,11H,9-10H2,1-2H3,(H,20,22)(H,21,23). The van der Waals surface area contributed by atoms with E-state index >= 15 is 0 Å². The van der Waals surface area contributed by atoms with Crippen LogP contribution in [-0.4, -0.2) is 32.1 Å². The summed E-state index contributed by atoms with van der Waals surface area (Å²) in [7, 11) is 1.48. The number of anilines is 1. The molecule has 25 heavy (non-hydrogen) atoms. The second-order valence-corrected chi connectivity index (χ2v) is 5.22. The van der Waals surface area contributed by atoms with Gasteiger partial charge in [-0.1, -0.05) is 6.07 Å². The van der Waals surface area contributed by atoms with Gasteiger partial charge in [0, 0.05) is 0 Å². The van der Waals surface area contributed by atoms with E-state index in [4.69, 9.17) is 9.47 Å². The molecule has 0 unspecified atom stereocenters. The summed E-state index contributed by atoms with van der Waals surface area (Å²) in [5, 5.41) is 4.95. The van der Waals surface area contributed by atoms with Gasteiger partial charge < -0.3 is 20.1 Å². The van der Waals surface area contributed by atoms with Crippen molar-refractivity contribution in [2.45, 2.75) is 6.92 Å². The van der Waals surface area contributed by atoms with Crippen LogP contribution in [0, 0.1) is 12.7 Å². The fourth-order valence-electron chi connectivity index (χ4n) is 2.04. The fourth-order valence-corrected chi connectivity index (χ4v) is 2.04. The zero-order valence-corrected chi connectivity index (χ0v) is 14.0. The van der Waals surface area contributed by atoms with Crippen molar-refractivity contribution in [2.24, 2.45) is 0 Å². The van der Waals surface area contributed by atoms with Crippen molar-refractivity contribution in [3.05, 3.63) is 53.8 Å². The highest BCUT2D eigenvalue weighted by Crippen LogP contribution is 2.24. The molecule has 0 bridgehead atoms. The second-order valence-electron chi connectivity index (χ2n) is 5.22. The van der Waals surface area contributed by atoms with Crippen LogP contribution in [0.4, 0.5) is 10.1 Å². The number of hydrogen-bond acceptors (Lipinski definition) is 4. The number of amides is 2. The van der Waals surface area contributed by atoms with Gasteiger partial charge in [-0.15, -0.1) is 0 Å². The number of carbonyl (C=O) groups is 2. The van der Waals surface area contributed by atoms with E-state index in [2.05, 4.69) is 10.6 Å². The van der Waals surface area contributed by atoms with E-state index < -0.39 is 11.8 Å². The molecule has 2 amide bonds. The van der Waals surface area contributed by atoms with Crippen LogP contribution in [0.3, 0.4) is 0 Å². The van der Waals surface area contributed by atoms with Crippen LogP contribution >= 0.6 is 0 Å². The predicted molar refractivity (Wildman–Crippen MR) is 91.3 cm³/mol. The summed E-state index contributed by atoms with van der Waals surface area (Å²) in [6.45, 7) is 2.15. The Morgan fingerprint density at radius 1 is 1.08 bits per heavy atom. The third-order valence-corrected chi connectivity index (χ3v) is 3.28. The van der Waals surface area contributed by atoms with Crippen molar-refractivity contribution in [2.75, 3.05) is 25.6 Å². The van der Waals surface area contributed by atoms with E-state index in [0.29, 0.717) is 17.2 Å². The number of ether oxygens (including phenoxy) is 2. The first-order valence-electron chi connectivity index (χ1n) is 7.62. The number of benzene rings is 2. The molecule has 2 rings (SSSR count). The Morgan fingerprint density at radius 2 is 1.80 bits per heavy atom. The predicted octanol–water partition coefficient (Wildman–Crippen LogP) is 2.28. The van der Waals surface area contributed by atoms with E-state index in [-0.39, 0.29) is 19.0 Å². The summed E-state index contributed by atoms with van der Waals surface area (Å²) in [5.41, 5.74) is 1.34. The van der Waals surface area contributed by atoms with Gasteiger partial charge in [-0.2, -0.15) is 0 Å². The molecule has 0 saturated carbocycles. The third-order valence-electron chi connectivity index (χ3n) is 3.28. The number of halogens is 1. The maximum absolute atomic E-state index is 12.8. The minimum absolute atomic E-state index is 0.134. The molecule has 6 nitrogen and oxygen atoms in total. The van der Waals surface area contributed by atoms with Crippen LogP contribution in [0.2, 0.25) is 0 Å². The summed E-state index contributed by atoms with van der Waals surface area (Å²) in [6.07, 6.45) is 0. The van der Waals surface area contributed by atoms with Crippen LogP contribution in [0.15, 0.2) is 42.5 Å². The smallest absolute Gasteiger partial charge is 0.313 e. The topological polar surface area (TPSA) is 76.7 Å². The highest BCUT2D eigenvalue weighted by molar-refractivity contribution is 6.39. The molecule has 2 aromatic rings. The Hall–Kier alpha value is -3.09. The summed E-state index contributed by atoms with van der Waals surface area (Å²) in [5.74, 6) is -1.00. The normalized spacial score (nSPS) is 10.0. The minimum Gasteiger partial charge on any atom is -0.495 e. The second kappa shape index (κ2) is 8.68. The molecule has 2 aromatic carbocycles. The molecule has 0 aliphatic rings. The largest absolute Gasteiger partial charge is 0.495 e. The molecule has 7 heteroatoms. The Bertz CT molecular complexity index is 747.